The summed E-state index contributed by atoms with van der Waals surface area (Å²) in [6.07, 6.45) is 0. The van der Waals surface area contributed by atoms with Gasteiger partial charge >= 0.3 is 0 Å². The highest BCUT2D eigenvalue weighted by Crippen LogP contribution is 2.44. The standard InChI is InChI=1S/C46H31NO/c1-2-16-36(17-3-1)47(44-25-8-6-20-40(44)42-23-12-24-43-41-21-7-9-26-45(41)48-46(42)43)37-18-10-15-35(31-37)32-27-29-34(30-28-32)39-22-11-14-33-13-4-5-19-38(33)39/h1-31H. The van der Waals surface area contributed by atoms with E-state index in [1.165, 1.54) is 27.5 Å². The van der Waals surface area contributed by atoms with Gasteiger partial charge in [-0.2, -0.15) is 0 Å². The Hall–Kier alpha value is -6.38. The fourth-order valence-corrected chi connectivity index (χ4v) is 7.00. The molecule has 9 rings (SSSR count). The van der Waals surface area contributed by atoms with Crippen LogP contribution in [0, 0.1) is 0 Å². The molecular formula is C46H31NO. The topological polar surface area (TPSA) is 16.4 Å². The molecule has 0 fully saturated rings. The maximum Gasteiger partial charge on any atom is 0.143 e. The molecule has 0 aliphatic rings. The van der Waals surface area contributed by atoms with Crippen LogP contribution in [0.3, 0.4) is 0 Å². The minimum atomic E-state index is 0.900. The van der Waals surface area contributed by atoms with Gasteiger partial charge in [-0.05, 0) is 69.4 Å². The number of benzene rings is 8. The van der Waals surface area contributed by atoms with Crippen LogP contribution in [0.15, 0.2) is 192 Å². The smallest absolute Gasteiger partial charge is 0.143 e. The number of hydrogen-bond acceptors (Lipinski definition) is 2. The van der Waals surface area contributed by atoms with Crippen LogP contribution in [-0.4, -0.2) is 0 Å². The lowest BCUT2D eigenvalue weighted by molar-refractivity contribution is 0.670. The van der Waals surface area contributed by atoms with E-state index in [2.05, 4.69) is 181 Å². The zero-order valence-corrected chi connectivity index (χ0v) is 26.3. The van der Waals surface area contributed by atoms with Gasteiger partial charge in [0.1, 0.15) is 11.2 Å². The van der Waals surface area contributed by atoms with Crippen LogP contribution in [0.2, 0.25) is 0 Å². The molecule has 0 N–H and O–H groups in total. The molecule has 8 aromatic carbocycles. The summed E-state index contributed by atoms with van der Waals surface area (Å²) in [6.45, 7) is 0. The summed E-state index contributed by atoms with van der Waals surface area (Å²) in [4.78, 5) is 2.35. The Bertz CT molecular complexity index is 2560. The second kappa shape index (κ2) is 11.8. The minimum Gasteiger partial charge on any atom is -0.455 e. The van der Waals surface area contributed by atoms with Gasteiger partial charge < -0.3 is 9.32 Å². The molecule has 0 saturated carbocycles. The lowest BCUT2D eigenvalue weighted by atomic mass is 9.96. The molecule has 9 aromatic rings. The first-order chi connectivity index (χ1) is 23.8. The molecule has 2 heteroatoms. The van der Waals surface area contributed by atoms with E-state index in [0.717, 1.165) is 55.7 Å². The van der Waals surface area contributed by atoms with Crippen molar-refractivity contribution in [3.8, 4) is 33.4 Å². The van der Waals surface area contributed by atoms with Crippen molar-refractivity contribution >= 4 is 49.8 Å². The van der Waals surface area contributed by atoms with E-state index in [1.807, 2.05) is 12.1 Å². The van der Waals surface area contributed by atoms with Crippen molar-refractivity contribution in [2.75, 3.05) is 4.90 Å². The lowest BCUT2D eigenvalue weighted by Crippen LogP contribution is -2.11. The fraction of sp³-hybridized carbons (Fsp3) is 0. The van der Waals surface area contributed by atoms with E-state index in [9.17, 15) is 0 Å². The van der Waals surface area contributed by atoms with Gasteiger partial charge in [-0.1, -0.05) is 152 Å². The predicted molar refractivity (Wildman–Crippen MR) is 202 cm³/mol. The van der Waals surface area contributed by atoms with Gasteiger partial charge in [-0.25, -0.2) is 0 Å². The van der Waals surface area contributed by atoms with Gasteiger partial charge in [-0.15, -0.1) is 0 Å². The molecule has 0 amide bonds. The Labute approximate surface area is 279 Å². The third kappa shape index (κ3) is 4.83. The first-order valence-electron chi connectivity index (χ1n) is 16.4. The average molecular weight is 614 g/mol. The molecular weight excluding hydrogens is 583 g/mol. The molecule has 2 nitrogen and oxygen atoms in total. The van der Waals surface area contributed by atoms with Gasteiger partial charge in [0.05, 0.1) is 5.69 Å². The van der Waals surface area contributed by atoms with Crippen molar-refractivity contribution in [1.29, 1.82) is 0 Å². The van der Waals surface area contributed by atoms with Crippen LogP contribution in [0.1, 0.15) is 0 Å². The average Bonchev–Trinajstić information content (AvgIpc) is 3.55. The summed E-state index contributed by atoms with van der Waals surface area (Å²) < 4.78 is 6.51. The monoisotopic (exact) mass is 613 g/mol. The molecule has 1 aromatic heterocycles. The summed E-state index contributed by atoms with van der Waals surface area (Å²) in [6, 6.07) is 66.8. The van der Waals surface area contributed by atoms with E-state index < -0.39 is 0 Å². The highest BCUT2D eigenvalue weighted by molar-refractivity contribution is 6.10. The molecule has 0 spiro atoms. The van der Waals surface area contributed by atoms with E-state index in [-0.39, 0.29) is 0 Å². The largest absolute Gasteiger partial charge is 0.455 e. The van der Waals surface area contributed by atoms with Crippen LogP contribution < -0.4 is 4.90 Å². The quantitative estimate of drug-likeness (QED) is 0.185. The number of hydrogen-bond donors (Lipinski definition) is 0. The normalized spacial score (nSPS) is 11.3. The van der Waals surface area contributed by atoms with Crippen molar-refractivity contribution in [3.63, 3.8) is 0 Å². The molecule has 0 unspecified atom stereocenters. The number of rotatable bonds is 6. The van der Waals surface area contributed by atoms with E-state index in [1.54, 1.807) is 0 Å². The predicted octanol–water partition coefficient (Wildman–Crippen LogP) is 13.2. The molecule has 0 aliphatic heterocycles. The minimum absolute atomic E-state index is 0.900. The highest BCUT2D eigenvalue weighted by atomic mass is 16.3. The SMILES string of the molecule is c1ccc(N(c2cccc(-c3ccc(-c4cccc5ccccc45)cc3)c2)c2ccccc2-c2cccc3c2oc2ccccc23)cc1. The Balaban J connectivity index is 1.16. The number of anilines is 3. The van der Waals surface area contributed by atoms with Crippen LogP contribution in [0.4, 0.5) is 17.1 Å². The Morgan fingerprint density at radius 1 is 0.354 bits per heavy atom. The Kier molecular flexibility index (Phi) is 6.84. The second-order valence-electron chi connectivity index (χ2n) is 12.1. The van der Waals surface area contributed by atoms with E-state index in [4.69, 9.17) is 4.42 Å². The molecule has 0 atom stereocenters. The van der Waals surface area contributed by atoms with Crippen molar-refractivity contribution < 1.29 is 4.42 Å². The Morgan fingerprint density at radius 3 is 1.85 bits per heavy atom. The first-order valence-corrected chi connectivity index (χ1v) is 16.4. The molecule has 0 aliphatic carbocycles. The number of nitrogens with zero attached hydrogens (tertiary/aromatic N) is 1. The summed E-state index contributed by atoms with van der Waals surface area (Å²) in [5.41, 5.74) is 12.0. The molecule has 0 radical (unpaired) electrons. The molecule has 48 heavy (non-hydrogen) atoms. The van der Waals surface area contributed by atoms with Gasteiger partial charge in [-0.3, -0.25) is 0 Å². The fourth-order valence-electron chi connectivity index (χ4n) is 7.00. The van der Waals surface area contributed by atoms with Crippen molar-refractivity contribution in [2.24, 2.45) is 0 Å². The maximum absolute atomic E-state index is 6.51. The van der Waals surface area contributed by atoms with Gasteiger partial charge in [0, 0.05) is 33.3 Å². The molecule has 1 heterocycles. The van der Waals surface area contributed by atoms with Gasteiger partial charge in [0.2, 0.25) is 0 Å². The maximum atomic E-state index is 6.51. The lowest BCUT2D eigenvalue weighted by Gasteiger charge is -2.28. The van der Waals surface area contributed by atoms with Crippen molar-refractivity contribution in [2.45, 2.75) is 0 Å². The highest BCUT2D eigenvalue weighted by Gasteiger charge is 2.20. The summed E-state index contributed by atoms with van der Waals surface area (Å²) in [7, 11) is 0. The van der Waals surface area contributed by atoms with Gasteiger partial charge in [0.15, 0.2) is 0 Å². The van der Waals surface area contributed by atoms with E-state index in [0.29, 0.717) is 0 Å². The van der Waals surface area contributed by atoms with Crippen LogP contribution >= 0.6 is 0 Å². The van der Waals surface area contributed by atoms with E-state index >= 15 is 0 Å². The third-order valence-electron chi connectivity index (χ3n) is 9.28. The summed E-state index contributed by atoms with van der Waals surface area (Å²) >= 11 is 0. The Morgan fingerprint density at radius 2 is 0.958 bits per heavy atom. The molecule has 226 valence electrons. The molecule has 0 bridgehead atoms. The number of fused-ring (bicyclic) bond motifs is 4. The zero-order chi connectivity index (χ0) is 31.9. The van der Waals surface area contributed by atoms with Crippen LogP contribution in [0.5, 0.6) is 0 Å². The van der Waals surface area contributed by atoms with Crippen molar-refractivity contribution in [1.82, 2.24) is 0 Å². The van der Waals surface area contributed by atoms with Crippen LogP contribution in [-0.2, 0) is 0 Å². The second-order valence-corrected chi connectivity index (χ2v) is 12.1. The number of furan rings is 1. The number of para-hydroxylation sites is 4. The molecule has 0 saturated heterocycles. The van der Waals surface area contributed by atoms with Crippen LogP contribution in [0.25, 0.3) is 66.1 Å². The zero-order valence-electron chi connectivity index (χ0n) is 26.3. The third-order valence-corrected chi connectivity index (χ3v) is 9.28. The summed E-state index contributed by atoms with van der Waals surface area (Å²) in [5, 5.41) is 4.78. The van der Waals surface area contributed by atoms with Gasteiger partial charge in [0.25, 0.3) is 0 Å². The van der Waals surface area contributed by atoms with Crippen molar-refractivity contribution in [3.05, 3.63) is 188 Å². The summed E-state index contributed by atoms with van der Waals surface area (Å²) in [5.74, 6) is 0. The first kappa shape index (κ1) is 27.9.